The minimum atomic E-state index is -0.705. The third-order valence-electron chi connectivity index (χ3n) is 6.06. The van der Waals surface area contributed by atoms with Crippen molar-refractivity contribution in [1.82, 2.24) is 0 Å². The lowest BCUT2D eigenvalue weighted by Gasteiger charge is -2.27. The molecule has 1 aliphatic heterocycles. The summed E-state index contributed by atoms with van der Waals surface area (Å²) in [5, 5.41) is 21.2. The first-order valence-electron chi connectivity index (χ1n) is 11.4. The van der Waals surface area contributed by atoms with Crippen LogP contribution in [0.4, 0.5) is 0 Å². The number of methoxy groups -OCH3 is 1. The second kappa shape index (κ2) is 8.96. The standard InChI is InChI=1S/C28H24O8/c1-14(2)34-21-11-16(9-10-19(21)33-3)17-12-22(30)36-28-23(17)27-24(25(31)26(28)32)18(29)13-20(35-27)15-7-5-4-6-8-15/h4-11,13-14,17,31-32H,12H2,1-3H3. The van der Waals surface area contributed by atoms with Crippen molar-refractivity contribution >= 4 is 16.9 Å². The molecular formula is C28H24O8. The second-order valence-corrected chi connectivity index (χ2v) is 8.79. The van der Waals surface area contributed by atoms with Crippen LogP contribution >= 0.6 is 0 Å². The Bertz CT molecular complexity index is 1540. The zero-order valence-electron chi connectivity index (χ0n) is 19.9. The summed E-state index contributed by atoms with van der Waals surface area (Å²) in [4.78, 5) is 25.7. The number of aromatic hydroxyl groups is 2. The third kappa shape index (κ3) is 3.90. The van der Waals surface area contributed by atoms with Gasteiger partial charge in [-0.3, -0.25) is 9.59 Å². The summed E-state index contributed by atoms with van der Waals surface area (Å²) in [6, 6.07) is 15.5. The number of fused-ring (bicyclic) bond motifs is 3. The Kier molecular flexibility index (Phi) is 5.80. The molecule has 1 unspecified atom stereocenters. The molecule has 0 saturated carbocycles. The van der Waals surface area contributed by atoms with Crippen molar-refractivity contribution in [3.63, 3.8) is 0 Å². The van der Waals surface area contributed by atoms with Crippen LogP contribution in [0.5, 0.6) is 28.7 Å². The average molecular weight is 488 g/mol. The van der Waals surface area contributed by atoms with Gasteiger partial charge in [-0.1, -0.05) is 36.4 Å². The number of phenols is 2. The molecule has 8 heteroatoms. The first kappa shape index (κ1) is 23.3. The van der Waals surface area contributed by atoms with Crippen LogP contribution in [0.2, 0.25) is 0 Å². The molecule has 5 rings (SSSR count). The lowest BCUT2D eigenvalue weighted by atomic mass is 9.84. The summed E-state index contributed by atoms with van der Waals surface area (Å²) in [5.41, 5.74) is 1.09. The molecule has 3 aromatic carbocycles. The largest absolute Gasteiger partial charge is 0.504 e. The van der Waals surface area contributed by atoms with E-state index in [1.807, 2.05) is 32.0 Å². The van der Waals surface area contributed by atoms with Gasteiger partial charge in [-0.2, -0.15) is 0 Å². The summed E-state index contributed by atoms with van der Waals surface area (Å²) < 4.78 is 22.9. The maximum absolute atomic E-state index is 13.1. The van der Waals surface area contributed by atoms with E-state index in [9.17, 15) is 19.8 Å². The van der Waals surface area contributed by atoms with E-state index in [4.69, 9.17) is 18.6 Å². The maximum Gasteiger partial charge on any atom is 0.312 e. The summed E-state index contributed by atoms with van der Waals surface area (Å²) in [6.45, 7) is 3.76. The monoisotopic (exact) mass is 488 g/mol. The number of ether oxygens (including phenoxy) is 3. The fourth-order valence-corrected chi connectivity index (χ4v) is 4.49. The predicted molar refractivity (Wildman–Crippen MR) is 132 cm³/mol. The van der Waals surface area contributed by atoms with Gasteiger partial charge in [-0.15, -0.1) is 0 Å². The lowest BCUT2D eigenvalue weighted by molar-refractivity contribution is -0.135. The van der Waals surface area contributed by atoms with Crippen molar-refractivity contribution in [2.45, 2.75) is 32.3 Å². The van der Waals surface area contributed by atoms with Crippen molar-refractivity contribution in [3.8, 4) is 40.1 Å². The molecule has 0 fully saturated rings. The molecule has 0 bridgehead atoms. The van der Waals surface area contributed by atoms with Crippen molar-refractivity contribution in [1.29, 1.82) is 0 Å². The van der Waals surface area contributed by atoms with Gasteiger partial charge in [0, 0.05) is 17.5 Å². The number of esters is 1. The summed E-state index contributed by atoms with van der Waals surface area (Å²) in [6.07, 6.45) is -0.218. The molecule has 0 spiro atoms. The van der Waals surface area contributed by atoms with E-state index in [-0.39, 0.29) is 40.6 Å². The molecule has 1 atom stereocenters. The molecule has 2 heterocycles. The summed E-state index contributed by atoms with van der Waals surface area (Å²) >= 11 is 0. The Balaban J connectivity index is 1.81. The summed E-state index contributed by atoms with van der Waals surface area (Å²) in [7, 11) is 1.53. The van der Waals surface area contributed by atoms with Crippen LogP contribution in [0.3, 0.4) is 0 Å². The van der Waals surface area contributed by atoms with E-state index < -0.39 is 28.8 Å². The first-order chi connectivity index (χ1) is 17.3. The SMILES string of the molecule is COc1ccc(C2CC(=O)Oc3c(O)c(O)c4c(=O)cc(-c5ccccc5)oc4c32)cc1OC(C)C. The van der Waals surface area contributed by atoms with E-state index in [0.29, 0.717) is 22.6 Å². The van der Waals surface area contributed by atoms with Crippen molar-refractivity contribution in [3.05, 3.63) is 75.9 Å². The average Bonchev–Trinajstić information content (AvgIpc) is 2.86. The van der Waals surface area contributed by atoms with Gasteiger partial charge >= 0.3 is 5.97 Å². The van der Waals surface area contributed by atoms with E-state index >= 15 is 0 Å². The molecule has 8 nitrogen and oxygen atoms in total. The first-order valence-corrected chi connectivity index (χ1v) is 11.4. The van der Waals surface area contributed by atoms with Gasteiger partial charge in [-0.25, -0.2) is 0 Å². The minimum absolute atomic E-state index is 0.0336. The van der Waals surface area contributed by atoms with Crippen LogP contribution < -0.4 is 19.6 Å². The number of benzene rings is 3. The van der Waals surface area contributed by atoms with Crippen LogP contribution in [0.1, 0.15) is 37.3 Å². The van der Waals surface area contributed by atoms with E-state index in [0.717, 1.165) is 0 Å². The molecule has 0 radical (unpaired) electrons. The Hall–Kier alpha value is -4.46. The van der Waals surface area contributed by atoms with Crippen LogP contribution in [-0.4, -0.2) is 29.4 Å². The van der Waals surface area contributed by atoms with E-state index in [2.05, 4.69) is 0 Å². The van der Waals surface area contributed by atoms with Crippen LogP contribution in [0.25, 0.3) is 22.3 Å². The molecule has 1 aliphatic rings. The highest BCUT2D eigenvalue weighted by Gasteiger charge is 2.37. The van der Waals surface area contributed by atoms with Crippen LogP contribution in [0.15, 0.2) is 63.8 Å². The van der Waals surface area contributed by atoms with Crippen LogP contribution in [0, 0.1) is 0 Å². The quantitative estimate of drug-likeness (QED) is 0.226. The zero-order valence-corrected chi connectivity index (χ0v) is 19.9. The molecule has 0 amide bonds. The maximum atomic E-state index is 13.1. The second-order valence-electron chi connectivity index (χ2n) is 8.79. The minimum Gasteiger partial charge on any atom is -0.504 e. The van der Waals surface area contributed by atoms with Crippen molar-refractivity contribution in [2.24, 2.45) is 0 Å². The summed E-state index contributed by atoms with van der Waals surface area (Å²) in [5.74, 6) is -1.64. The molecule has 0 saturated heterocycles. The molecule has 2 N–H and O–H groups in total. The van der Waals surface area contributed by atoms with Gasteiger partial charge in [0.15, 0.2) is 28.4 Å². The Morgan fingerprint density at radius 3 is 2.42 bits per heavy atom. The van der Waals surface area contributed by atoms with Gasteiger partial charge in [0.25, 0.3) is 0 Å². The number of phenolic OH excluding ortho intramolecular Hbond substituents is 2. The smallest absolute Gasteiger partial charge is 0.312 e. The molecule has 1 aromatic heterocycles. The van der Waals surface area contributed by atoms with Gasteiger partial charge in [0.2, 0.25) is 5.75 Å². The van der Waals surface area contributed by atoms with Gasteiger partial charge < -0.3 is 28.8 Å². The van der Waals surface area contributed by atoms with Crippen LogP contribution in [-0.2, 0) is 4.79 Å². The van der Waals surface area contributed by atoms with Gasteiger partial charge in [0.05, 0.1) is 25.2 Å². The number of hydrogen-bond acceptors (Lipinski definition) is 8. The highest BCUT2D eigenvalue weighted by atomic mass is 16.5. The molecule has 36 heavy (non-hydrogen) atoms. The highest BCUT2D eigenvalue weighted by molar-refractivity contribution is 5.96. The molecule has 4 aromatic rings. The van der Waals surface area contributed by atoms with Crippen molar-refractivity contribution in [2.75, 3.05) is 7.11 Å². The fraction of sp³-hybridized carbons (Fsp3) is 0.214. The van der Waals surface area contributed by atoms with E-state index in [1.165, 1.54) is 13.2 Å². The Morgan fingerprint density at radius 1 is 0.972 bits per heavy atom. The number of hydrogen-bond donors (Lipinski definition) is 2. The zero-order chi connectivity index (χ0) is 25.6. The fourth-order valence-electron chi connectivity index (χ4n) is 4.49. The van der Waals surface area contributed by atoms with Gasteiger partial charge in [0.1, 0.15) is 16.7 Å². The predicted octanol–water partition coefficient (Wildman–Crippen LogP) is 5.11. The highest BCUT2D eigenvalue weighted by Crippen LogP contribution is 2.52. The van der Waals surface area contributed by atoms with Gasteiger partial charge in [-0.05, 0) is 31.5 Å². The normalized spacial score (nSPS) is 15.0. The van der Waals surface area contributed by atoms with Crippen molar-refractivity contribution < 1.29 is 33.6 Å². The molecule has 0 aliphatic carbocycles. The lowest BCUT2D eigenvalue weighted by Crippen LogP contribution is -2.22. The molecule has 184 valence electrons. The Labute approximate surface area is 206 Å². The van der Waals surface area contributed by atoms with E-state index in [1.54, 1.807) is 30.3 Å². The number of rotatable bonds is 5. The Morgan fingerprint density at radius 2 is 1.72 bits per heavy atom. The third-order valence-corrected chi connectivity index (χ3v) is 6.06. The molecular weight excluding hydrogens is 464 g/mol. The number of carbonyl (C=O) groups is 1. The topological polar surface area (TPSA) is 115 Å². The number of carbonyl (C=O) groups excluding carboxylic acids is 1.